The zero-order valence-electron chi connectivity index (χ0n) is 9.01. The molecule has 1 rings (SSSR count). The lowest BCUT2D eigenvalue weighted by atomic mass is 9.73. The molecule has 1 saturated heterocycles. The minimum atomic E-state index is 0.605. The topological polar surface area (TPSA) is 26.0 Å². The predicted octanol–water partition coefficient (Wildman–Crippen LogP) is 2.89. The Bertz CT molecular complexity index is 134. The summed E-state index contributed by atoms with van der Waals surface area (Å²) in [6, 6.07) is 0. The lowest BCUT2D eigenvalue weighted by molar-refractivity contribution is 0.192. The number of hydrogen-bond acceptors (Lipinski definition) is 2. The standard InChI is InChI=1S/C11H23NS/c1-10(2)9-11(3-6-12)4-7-13-8-5-11/h10H,3-9,12H2,1-2H3. The van der Waals surface area contributed by atoms with E-state index in [2.05, 4.69) is 25.6 Å². The minimum Gasteiger partial charge on any atom is -0.330 e. The number of rotatable bonds is 4. The van der Waals surface area contributed by atoms with Crippen molar-refractivity contribution in [1.29, 1.82) is 0 Å². The molecule has 2 N–H and O–H groups in total. The Morgan fingerprint density at radius 3 is 2.38 bits per heavy atom. The lowest BCUT2D eigenvalue weighted by Gasteiger charge is -2.38. The molecule has 1 aliphatic heterocycles. The average Bonchev–Trinajstić information content (AvgIpc) is 2.04. The van der Waals surface area contributed by atoms with Crippen LogP contribution in [0, 0.1) is 11.3 Å². The fraction of sp³-hybridized carbons (Fsp3) is 1.00. The molecule has 78 valence electrons. The van der Waals surface area contributed by atoms with Crippen LogP contribution in [0.15, 0.2) is 0 Å². The zero-order valence-corrected chi connectivity index (χ0v) is 9.83. The van der Waals surface area contributed by atoms with E-state index in [-0.39, 0.29) is 0 Å². The maximum Gasteiger partial charge on any atom is -0.00622 e. The molecule has 0 radical (unpaired) electrons. The van der Waals surface area contributed by atoms with E-state index in [1.807, 2.05) is 0 Å². The summed E-state index contributed by atoms with van der Waals surface area (Å²) in [7, 11) is 0. The van der Waals surface area contributed by atoms with E-state index in [0.29, 0.717) is 5.41 Å². The SMILES string of the molecule is CC(C)CC1(CCN)CCSCC1. The summed E-state index contributed by atoms with van der Waals surface area (Å²) >= 11 is 2.11. The summed E-state index contributed by atoms with van der Waals surface area (Å²) in [5, 5.41) is 0. The molecule has 0 aliphatic carbocycles. The molecule has 0 bridgehead atoms. The number of nitrogens with two attached hydrogens (primary N) is 1. The summed E-state index contributed by atoms with van der Waals surface area (Å²) in [6.07, 6.45) is 5.41. The van der Waals surface area contributed by atoms with Crippen molar-refractivity contribution in [3.05, 3.63) is 0 Å². The van der Waals surface area contributed by atoms with E-state index in [9.17, 15) is 0 Å². The Morgan fingerprint density at radius 2 is 1.92 bits per heavy atom. The van der Waals surface area contributed by atoms with Crippen molar-refractivity contribution in [1.82, 2.24) is 0 Å². The van der Waals surface area contributed by atoms with Gasteiger partial charge in [0.2, 0.25) is 0 Å². The van der Waals surface area contributed by atoms with E-state index in [0.717, 1.165) is 12.5 Å². The molecule has 0 aromatic rings. The first-order chi connectivity index (χ1) is 6.18. The quantitative estimate of drug-likeness (QED) is 0.757. The van der Waals surface area contributed by atoms with Crippen molar-refractivity contribution >= 4 is 11.8 Å². The maximum absolute atomic E-state index is 5.71. The van der Waals surface area contributed by atoms with Crippen LogP contribution in [0.25, 0.3) is 0 Å². The van der Waals surface area contributed by atoms with Gasteiger partial charge in [-0.1, -0.05) is 13.8 Å². The number of thioether (sulfide) groups is 1. The molecule has 1 aliphatic rings. The molecule has 0 spiro atoms. The fourth-order valence-electron chi connectivity index (χ4n) is 2.53. The molecule has 1 nitrogen and oxygen atoms in total. The Hall–Kier alpha value is 0.310. The van der Waals surface area contributed by atoms with Gasteiger partial charge >= 0.3 is 0 Å². The van der Waals surface area contributed by atoms with Crippen LogP contribution in [0.3, 0.4) is 0 Å². The fourth-order valence-corrected chi connectivity index (χ4v) is 3.89. The first-order valence-corrected chi connectivity index (χ1v) is 6.62. The zero-order chi connectivity index (χ0) is 9.73. The Morgan fingerprint density at radius 1 is 1.31 bits per heavy atom. The van der Waals surface area contributed by atoms with Gasteiger partial charge in [0, 0.05) is 0 Å². The molecule has 0 aromatic carbocycles. The summed E-state index contributed by atoms with van der Waals surface area (Å²) in [5.41, 5.74) is 6.32. The second-order valence-corrected chi connectivity index (χ2v) is 5.97. The van der Waals surface area contributed by atoms with Crippen LogP contribution >= 0.6 is 11.8 Å². The first kappa shape index (κ1) is 11.4. The molecule has 0 saturated carbocycles. The van der Waals surface area contributed by atoms with E-state index in [1.54, 1.807) is 0 Å². The Labute approximate surface area is 86.8 Å². The molecule has 2 heteroatoms. The Balaban J connectivity index is 2.50. The van der Waals surface area contributed by atoms with Crippen LogP contribution in [0.1, 0.15) is 39.5 Å². The molecule has 0 unspecified atom stereocenters. The highest BCUT2D eigenvalue weighted by Crippen LogP contribution is 2.42. The van der Waals surface area contributed by atoms with E-state index < -0.39 is 0 Å². The van der Waals surface area contributed by atoms with Crippen LogP contribution in [-0.4, -0.2) is 18.1 Å². The second-order valence-electron chi connectivity index (χ2n) is 4.75. The molecule has 1 fully saturated rings. The first-order valence-electron chi connectivity index (χ1n) is 5.46. The van der Waals surface area contributed by atoms with Crippen molar-refractivity contribution in [2.24, 2.45) is 17.1 Å². The van der Waals surface area contributed by atoms with Crippen LogP contribution in [0.4, 0.5) is 0 Å². The van der Waals surface area contributed by atoms with E-state index in [4.69, 9.17) is 5.73 Å². The van der Waals surface area contributed by atoms with E-state index >= 15 is 0 Å². The van der Waals surface area contributed by atoms with Gasteiger partial charge in [0.15, 0.2) is 0 Å². The van der Waals surface area contributed by atoms with Crippen molar-refractivity contribution in [2.45, 2.75) is 39.5 Å². The van der Waals surface area contributed by atoms with Gasteiger partial charge in [-0.25, -0.2) is 0 Å². The normalized spacial score (nSPS) is 22.2. The van der Waals surface area contributed by atoms with Crippen molar-refractivity contribution in [3.63, 3.8) is 0 Å². The third-order valence-corrected chi connectivity index (χ3v) is 4.05. The summed E-state index contributed by atoms with van der Waals surface area (Å²) in [6.45, 7) is 5.54. The van der Waals surface area contributed by atoms with Gasteiger partial charge < -0.3 is 5.73 Å². The largest absolute Gasteiger partial charge is 0.330 e. The third kappa shape index (κ3) is 3.51. The van der Waals surface area contributed by atoms with E-state index in [1.165, 1.54) is 37.2 Å². The van der Waals surface area contributed by atoms with Gasteiger partial charge in [0.25, 0.3) is 0 Å². The monoisotopic (exact) mass is 201 g/mol. The molecular weight excluding hydrogens is 178 g/mol. The Kier molecular flexibility index (Phi) is 4.60. The summed E-state index contributed by atoms with van der Waals surface area (Å²) in [4.78, 5) is 0. The lowest BCUT2D eigenvalue weighted by Crippen LogP contribution is -2.30. The smallest absolute Gasteiger partial charge is 0.00622 e. The predicted molar refractivity (Wildman–Crippen MR) is 62.1 cm³/mol. The van der Waals surface area contributed by atoms with Crippen molar-refractivity contribution in [3.8, 4) is 0 Å². The number of hydrogen-bond donors (Lipinski definition) is 1. The van der Waals surface area contributed by atoms with Gasteiger partial charge in [-0.15, -0.1) is 0 Å². The van der Waals surface area contributed by atoms with Crippen LogP contribution < -0.4 is 5.73 Å². The van der Waals surface area contributed by atoms with Crippen LogP contribution in [-0.2, 0) is 0 Å². The van der Waals surface area contributed by atoms with Gasteiger partial charge in [-0.05, 0) is 55.1 Å². The molecule has 0 aromatic heterocycles. The summed E-state index contributed by atoms with van der Waals surface area (Å²) < 4.78 is 0. The van der Waals surface area contributed by atoms with Crippen LogP contribution in [0.5, 0.6) is 0 Å². The van der Waals surface area contributed by atoms with Gasteiger partial charge in [0.05, 0.1) is 0 Å². The third-order valence-electron chi connectivity index (χ3n) is 3.07. The molecule has 13 heavy (non-hydrogen) atoms. The van der Waals surface area contributed by atoms with Crippen molar-refractivity contribution < 1.29 is 0 Å². The highest BCUT2D eigenvalue weighted by atomic mass is 32.2. The molecule has 0 atom stereocenters. The van der Waals surface area contributed by atoms with Crippen LogP contribution in [0.2, 0.25) is 0 Å². The van der Waals surface area contributed by atoms with Crippen molar-refractivity contribution in [2.75, 3.05) is 18.1 Å². The summed E-state index contributed by atoms with van der Waals surface area (Å²) in [5.74, 6) is 3.54. The molecule has 0 amide bonds. The highest BCUT2D eigenvalue weighted by Gasteiger charge is 2.31. The maximum atomic E-state index is 5.71. The minimum absolute atomic E-state index is 0.605. The molecular formula is C11H23NS. The second kappa shape index (κ2) is 5.26. The average molecular weight is 201 g/mol. The van der Waals surface area contributed by atoms with Gasteiger partial charge in [0.1, 0.15) is 0 Å². The highest BCUT2D eigenvalue weighted by molar-refractivity contribution is 7.99. The van der Waals surface area contributed by atoms with Gasteiger partial charge in [-0.2, -0.15) is 11.8 Å². The van der Waals surface area contributed by atoms with Gasteiger partial charge in [-0.3, -0.25) is 0 Å². The molecule has 1 heterocycles.